The molecule has 4 rings (SSSR count). The number of hydrogen-bond donors (Lipinski definition) is 0. The van der Waals surface area contributed by atoms with E-state index in [0.717, 1.165) is 5.56 Å². The van der Waals surface area contributed by atoms with E-state index in [-0.39, 0.29) is 35.2 Å². The average Bonchev–Trinajstić information content (AvgIpc) is 3.23. The van der Waals surface area contributed by atoms with E-state index in [2.05, 4.69) is 11.6 Å². The van der Waals surface area contributed by atoms with E-state index in [9.17, 15) is 14.4 Å². The van der Waals surface area contributed by atoms with E-state index in [1.54, 1.807) is 37.3 Å². The second-order valence-electron chi connectivity index (χ2n) is 9.75. The average molecular weight is 577 g/mol. The van der Waals surface area contributed by atoms with Crippen molar-refractivity contribution in [2.24, 2.45) is 10.9 Å². The third kappa shape index (κ3) is 6.66. The number of esters is 2. The van der Waals surface area contributed by atoms with Gasteiger partial charge in [-0.2, -0.15) is 0 Å². The van der Waals surface area contributed by atoms with E-state index in [0.29, 0.717) is 33.0 Å². The van der Waals surface area contributed by atoms with Crippen LogP contribution in [-0.4, -0.2) is 36.8 Å². The number of benzene rings is 2. The van der Waals surface area contributed by atoms with Gasteiger partial charge in [0.15, 0.2) is 16.3 Å². The van der Waals surface area contributed by atoms with Gasteiger partial charge in [0, 0.05) is 6.92 Å². The minimum atomic E-state index is -0.851. The van der Waals surface area contributed by atoms with Crippen molar-refractivity contribution in [3.8, 4) is 17.2 Å². The number of hydrogen-bond acceptors (Lipinski definition) is 9. The highest BCUT2D eigenvalue weighted by atomic mass is 32.1. The van der Waals surface area contributed by atoms with Crippen LogP contribution in [0, 0.1) is 5.92 Å². The minimum absolute atomic E-state index is 0.119. The van der Waals surface area contributed by atoms with Gasteiger partial charge in [0.05, 0.1) is 35.6 Å². The van der Waals surface area contributed by atoms with Gasteiger partial charge < -0.3 is 18.9 Å². The molecule has 3 aromatic rings. The Balaban J connectivity index is 1.89. The lowest BCUT2D eigenvalue weighted by Gasteiger charge is -2.25. The van der Waals surface area contributed by atoms with Crippen LogP contribution in [0.25, 0.3) is 6.08 Å². The molecular weight excluding hydrogens is 544 g/mol. The lowest BCUT2D eigenvalue weighted by molar-refractivity contribution is -0.140. The van der Waals surface area contributed by atoms with Crippen molar-refractivity contribution < 1.29 is 28.5 Å². The van der Waals surface area contributed by atoms with Gasteiger partial charge in [0.2, 0.25) is 0 Å². The molecule has 0 N–H and O–H groups in total. The van der Waals surface area contributed by atoms with Crippen LogP contribution in [0.2, 0.25) is 0 Å². The number of carbonyl (C=O) groups is 2. The number of thiazole rings is 1. The van der Waals surface area contributed by atoms with Gasteiger partial charge in [-0.05, 0) is 54.3 Å². The number of rotatable bonds is 10. The van der Waals surface area contributed by atoms with Gasteiger partial charge in [0.1, 0.15) is 12.4 Å². The van der Waals surface area contributed by atoms with Gasteiger partial charge in [-0.3, -0.25) is 14.2 Å². The zero-order valence-electron chi connectivity index (χ0n) is 23.6. The van der Waals surface area contributed by atoms with Crippen LogP contribution in [0.4, 0.5) is 0 Å². The van der Waals surface area contributed by atoms with E-state index in [1.165, 1.54) is 29.9 Å². The zero-order chi connectivity index (χ0) is 29.7. The first-order chi connectivity index (χ1) is 19.6. The van der Waals surface area contributed by atoms with E-state index < -0.39 is 18.0 Å². The van der Waals surface area contributed by atoms with Gasteiger partial charge in [-0.1, -0.05) is 56.0 Å². The fourth-order valence-electron chi connectivity index (χ4n) is 4.31. The summed E-state index contributed by atoms with van der Waals surface area (Å²) in [6.45, 7) is 11.1. The molecule has 1 aromatic heterocycles. The number of methoxy groups -OCH3 is 1. The van der Waals surface area contributed by atoms with Gasteiger partial charge >= 0.3 is 11.9 Å². The molecular formula is C31H32N2O7S. The topological polar surface area (TPSA) is 105 Å². The lowest BCUT2D eigenvalue weighted by Crippen LogP contribution is -2.40. The molecule has 1 aliphatic rings. The normalized spacial score (nSPS) is 14.8. The fraction of sp³-hybridized carbons (Fsp3) is 0.290. The van der Waals surface area contributed by atoms with Crippen LogP contribution >= 0.6 is 11.3 Å². The monoisotopic (exact) mass is 576 g/mol. The Morgan fingerprint density at radius 2 is 1.95 bits per heavy atom. The van der Waals surface area contributed by atoms with Gasteiger partial charge in [-0.25, -0.2) is 9.79 Å². The smallest absolute Gasteiger partial charge is 0.338 e. The first-order valence-corrected chi connectivity index (χ1v) is 13.8. The number of allylic oxidation sites excluding steroid dienone is 1. The highest BCUT2D eigenvalue weighted by Crippen LogP contribution is 2.36. The van der Waals surface area contributed by atoms with Crippen molar-refractivity contribution in [3.63, 3.8) is 0 Å². The second-order valence-corrected chi connectivity index (χ2v) is 10.8. The molecule has 0 unspecified atom stereocenters. The van der Waals surface area contributed by atoms with Crippen LogP contribution < -0.4 is 29.1 Å². The maximum atomic E-state index is 13.9. The standard InChI is InChI=1S/C31H32N2O7S/c1-7-13-38-23-10-8-9-21(14-23)15-26-29(35)33-28(22-11-12-24(40-20(5)34)25(16-22)37-6)27(19(4)32-31(33)41-26)30(36)39-17-18(2)3/h7-12,14-16,18,28H,1,13,17H2,2-6H3/b26-15-/t28-/m0/s1. The third-order valence-corrected chi connectivity index (χ3v) is 7.05. The van der Waals surface area contributed by atoms with Crippen LogP contribution in [0.15, 0.2) is 76.2 Å². The predicted molar refractivity (Wildman–Crippen MR) is 156 cm³/mol. The van der Waals surface area contributed by atoms with E-state index in [1.807, 2.05) is 38.1 Å². The van der Waals surface area contributed by atoms with Crippen molar-refractivity contribution >= 4 is 29.4 Å². The summed E-state index contributed by atoms with van der Waals surface area (Å²) in [5.74, 6) is 0.204. The molecule has 0 spiro atoms. The van der Waals surface area contributed by atoms with Crippen molar-refractivity contribution in [2.45, 2.75) is 33.7 Å². The van der Waals surface area contributed by atoms with Crippen LogP contribution in [0.5, 0.6) is 17.2 Å². The van der Waals surface area contributed by atoms with Gasteiger partial charge in [-0.15, -0.1) is 0 Å². The van der Waals surface area contributed by atoms with Crippen LogP contribution in [0.3, 0.4) is 0 Å². The molecule has 10 heteroatoms. The molecule has 0 bridgehead atoms. The summed E-state index contributed by atoms with van der Waals surface area (Å²) in [4.78, 5) is 44.0. The number of nitrogens with zero attached hydrogens (tertiary/aromatic N) is 2. The zero-order valence-corrected chi connectivity index (χ0v) is 24.4. The Morgan fingerprint density at radius 1 is 1.17 bits per heavy atom. The molecule has 9 nitrogen and oxygen atoms in total. The summed E-state index contributed by atoms with van der Waals surface area (Å²) >= 11 is 1.22. The highest BCUT2D eigenvalue weighted by Gasteiger charge is 2.34. The molecule has 0 aliphatic carbocycles. The number of aromatic nitrogens is 1. The molecule has 41 heavy (non-hydrogen) atoms. The Morgan fingerprint density at radius 3 is 2.63 bits per heavy atom. The quantitative estimate of drug-likeness (QED) is 0.205. The lowest BCUT2D eigenvalue weighted by atomic mass is 9.95. The Bertz CT molecular complexity index is 1700. The summed E-state index contributed by atoms with van der Waals surface area (Å²) < 4.78 is 23.9. The van der Waals surface area contributed by atoms with E-state index in [4.69, 9.17) is 18.9 Å². The van der Waals surface area contributed by atoms with Crippen molar-refractivity contribution in [3.05, 3.63) is 97.2 Å². The van der Waals surface area contributed by atoms with Crippen LogP contribution in [0.1, 0.15) is 44.9 Å². The SMILES string of the molecule is C=CCOc1cccc(/C=c2\sc3n(c2=O)[C@@H](c2ccc(OC(C)=O)c(OC)c2)C(C(=O)OCC(C)C)=C(C)N=3)c1. The third-order valence-electron chi connectivity index (χ3n) is 6.07. The minimum Gasteiger partial charge on any atom is -0.493 e. The number of ether oxygens (including phenoxy) is 4. The number of fused-ring (bicyclic) bond motifs is 1. The molecule has 2 aromatic carbocycles. The summed E-state index contributed by atoms with van der Waals surface area (Å²) in [6.07, 6.45) is 3.42. The summed E-state index contributed by atoms with van der Waals surface area (Å²) in [5.41, 5.74) is 1.70. The maximum absolute atomic E-state index is 13.9. The van der Waals surface area contributed by atoms with Gasteiger partial charge in [0.25, 0.3) is 5.56 Å². The van der Waals surface area contributed by atoms with E-state index >= 15 is 0 Å². The molecule has 0 amide bonds. The summed E-state index contributed by atoms with van der Waals surface area (Å²) in [6, 6.07) is 11.4. The molecule has 0 saturated heterocycles. The summed E-state index contributed by atoms with van der Waals surface area (Å²) in [5, 5.41) is 0. The van der Waals surface area contributed by atoms with Crippen LogP contribution in [-0.2, 0) is 14.3 Å². The molecule has 0 fully saturated rings. The van der Waals surface area contributed by atoms with Crippen molar-refractivity contribution in [1.29, 1.82) is 0 Å². The first kappa shape index (κ1) is 29.5. The Labute approximate surface area is 241 Å². The number of carbonyl (C=O) groups excluding carboxylic acids is 2. The maximum Gasteiger partial charge on any atom is 0.338 e. The molecule has 1 atom stereocenters. The first-order valence-electron chi connectivity index (χ1n) is 13.0. The summed E-state index contributed by atoms with van der Waals surface area (Å²) in [7, 11) is 1.45. The van der Waals surface area contributed by atoms with Crippen molar-refractivity contribution in [2.75, 3.05) is 20.3 Å². The highest BCUT2D eigenvalue weighted by molar-refractivity contribution is 7.07. The Hall–Kier alpha value is -4.44. The predicted octanol–water partition coefficient (Wildman–Crippen LogP) is 3.93. The molecule has 1 aliphatic heterocycles. The fourth-order valence-corrected chi connectivity index (χ4v) is 5.36. The Kier molecular flexibility index (Phi) is 9.24. The molecule has 214 valence electrons. The second kappa shape index (κ2) is 12.8. The molecule has 0 saturated carbocycles. The molecule has 2 heterocycles. The largest absolute Gasteiger partial charge is 0.493 e. The molecule has 0 radical (unpaired) electrons. The van der Waals surface area contributed by atoms with Crippen molar-refractivity contribution in [1.82, 2.24) is 4.57 Å².